The molecule has 1 aliphatic rings. The zero-order chi connectivity index (χ0) is 15.9. The van der Waals surface area contributed by atoms with E-state index in [2.05, 4.69) is 17.2 Å². The minimum absolute atomic E-state index is 0. The Kier molecular flexibility index (Phi) is 9.79. The lowest BCUT2D eigenvalue weighted by Gasteiger charge is -2.27. The number of carbonyl (C=O) groups is 1. The topological polar surface area (TPSA) is 80.0 Å². The standard InChI is InChI=1S/C15H30N4O2.HI/c1-5-6-9-17-13(16)18-10-11-19(12-7-8-12)14(20)21-15(2,3)4;/h12H,5-11H2,1-4H3,(H3,16,17,18);1H. The lowest BCUT2D eigenvalue weighted by atomic mass is 10.2. The van der Waals surface area contributed by atoms with Crippen molar-refractivity contribution in [3.05, 3.63) is 0 Å². The highest BCUT2D eigenvalue weighted by Crippen LogP contribution is 2.27. The molecule has 130 valence electrons. The van der Waals surface area contributed by atoms with Crippen LogP contribution in [0.2, 0.25) is 0 Å². The molecule has 22 heavy (non-hydrogen) atoms. The predicted octanol–water partition coefficient (Wildman–Crippen LogP) is 2.71. The molecule has 0 aromatic rings. The van der Waals surface area contributed by atoms with Gasteiger partial charge in [0.15, 0.2) is 5.96 Å². The van der Waals surface area contributed by atoms with Gasteiger partial charge < -0.3 is 20.7 Å². The molecule has 1 aliphatic carbocycles. The van der Waals surface area contributed by atoms with Gasteiger partial charge >= 0.3 is 6.09 Å². The zero-order valence-electron chi connectivity index (χ0n) is 14.2. The fourth-order valence-corrected chi connectivity index (χ4v) is 1.85. The first-order valence-corrected chi connectivity index (χ1v) is 7.87. The highest BCUT2D eigenvalue weighted by Gasteiger charge is 2.34. The van der Waals surface area contributed by atoms with Crippen molar-refractivity contribution in [1.29, 1.82) is 0 Å². The number of rotatable bonds is 7. The molecule has 1 rings (SSSR count). The molecule has 7 heteroatoms. The summed E-state index contributed by atoms with van der Waals surface area (Å²) in [6.07, 6.45) is 4.01. The molecule has 6 nitrogen and oxygen atoms in total. The summed E-state index contributed by atoms with van der Waals surface area (Å²) in [7, 11) is 0. The van der Waals surface area contributed by atoms with E-state index < -0.39 is 5.60 Å². The van der Waals surface area contributed by atoms with E-state index >= 15 is 0 Å². The van der Waals surface area contributed by atoms with Gasteiger partial charge in [-0.1, -0.05) is 13.3 Å². The molecule has 0 aromatic carbocycles. The Morgan fingerprint density at radius 3 is 2.55 bits per heavy atom. The number of unbranched alkanes of at least 4 members (excludes halogenated alkanes) is 1. The number of hydrogen-bond donors (Lipinski definition) is 2. The molecule has 0 heterocycles. The first-order chi connectivity index (χ1) is 9.83. The Bertz CT molecular complexity index is 365. The normalized spacial score (nSPS) is 15.0. The predicted molar refractivity (Wildman–Crippen MR) is 101 cm³/mol. The number of nitrogens with one attached hydrogen (secondary N) is 1. The maximum Gasteiger partial charge on any atom is 0.410 e. The van der Waals surface area contributed by atoms with Gasteiger partial charge in [0.05, 0.1) is 0 Å². The molecule has 0 unspecified atom stereocenters. The molecule has 1 amide bonds. The van der Waals surface area contributed by atoms with Gasteiger partial charge in [0, 0.05) is 25.7 Å². The van der Waals surface area contributed by atoms with E-state index in [9.17, 15) is 4.79 Å². The number of hydrogen-bond acceptors (Lipinski definition) is 3. The highest BCUT2D eigenvalue weighted by molar-refractivity contribution is 14.0. The summed E-state index contributed by atoms with van der Waals surface area (Å²) in [5, 5.41) is 3.05. The van der Waals surface area contributed by atoms with Gasteiger partial charge in [0.2, 0.25) is 0 Å². The summed E-state index contributed by atoms with van der Waals surface area (Å²) in [6.45, 7) is 9.69. The first kappa shape index (κ1) is 21.3. The van der Waals surface area contributed by atoms with Crippen LogP contribution in [0, 0.1) is 0 Å². The van der Waals surface area contributed by atoms with Crippen molar-refractivity contribution < 1.29 is 9.53 Å². The molecule has 0 aromatic heterocycles. The zero-order valence-corrected chi connectivity index (χ0v) is 16.6. The van der Waals surface area contributed by atoms with Crippen molar-refractivity contribution in [1.82, 2.24) is 10.2 Å². The van der Waals surface area contributed by atoms with Crippen LogP contribution in [-0.2, 0) is 4.74 Å². The molecule has 0 atom stereocenters. The third kappa shape index (κ3) is 9.32. The number of nitrogens with zero attached hydrogens (tertiary/aromatic N) is 2. The number of amides is 1. The summed E-state index contributed by atoms with van der Waals surface area (Å²) < 4.78 is 5.44. The number of aliphatic imine (C=N–C) groups is 1. The second kappa shape index (κ2) is 10.1. The molecular weight excluding hydrogens is 395 g/mol. The summed E-state index contributed by atoms with van der Waals surface area (Å²) >= 11 is 0. The van der Waals surface area contributed by atoms with Gasteiger partial charge in [0.25, 0.3) is 0 Å². The van der Waals surface area contributed by atoms with Gasteiger partial charge in [-0.2, -0.15) is 0 Å². The van der Waals surface area contributed by atoms with Crippen LogP contribution in [0.15, 0.2) is 4.99 Å². The summed E-state index contributed by atoms with van der Waals surface area (Å²) in [4.78, 5) is 18.2. The van der Waals surface area contributed by atoms with Gasteiger partial charge in [-0.3, -0.25) is 4.99 Å². The Labute approximate surface area is 151 Å². The van der Waals surface area contributed by atoms with Gasteiger partial charge in [-0.25, -0.2) is 4.79 Å². The van der Waals surface area contributed by atoms with Crippen LogP contribution in [0.5, 0.6) is 0 Å². The Morgan fingerprint density at radius 1 is 1.41 bits per heavy atom. The van der Waals surface area contributed by atoms with E-state index in [1.165, 1.54) is 0 Å². The maximum absolute atomic E-state index is 12.1. The van der Waals surface area contributed by atoms with Crippen LogP contribution < -0.4 is 11.1 Å². The number of carbonyl (C=O) groups excluding carboxylic acids is 1. The van der Waals surface area contributed by atoms with Crippen molar-refractivity contribution in [2.45, 2.75) is 65.0 Å². The molecule has 0 radical (unpaired) electrons. The molecule has 1 saturated carbocycles. The monoisotopic (exact) mass is 426 g/mol. The quantitative estimate of drug-likeness (QED) is 0.284. The lowest BCUT2D eigenvalue weighted by Crippen LogP contribution is -2.44. The van der Waals surface area contributed by atoms with Crippen LogP contribution in [0.1, 0.15) is 53.4 Å². The van der Waals surface area contributed by atoms with Gasteiger partial charge in [0.1, 0.15) is 5.60 Å². The van der Waals surface area contributed by atoms with E-state index in [0.29, 0.717) is 25.1 Å². The number of halogens is 1. The second-order valence-corrected chi connectivity index (χ2v) is 6.45. The summed E-state index contributed by atoms with van der Waals surface area (Å²) in [5.41, 5.74) is 5.31. The van der Waals surface area contributed by atoms with Crippen LogP contribution in [0.4, 0.5) is 4.79 Å². The van der Waals surface area contributed by atoms with Crippen molar-refractivity contribution in [2.75, 3.05) is 19.6 Å². The molecule has 0 aliphatic heterocycles. The fraction of sp³-hybridized carbons (Fsp3) is 0.867. The van der Waals surface area contributed by atoms with E-state index in [1.54, 1.807) is 4.90 Å². The number of nitrogens with two attached hydrogens (primary N) is 1. The van der Waals surface area contributed by atoms with E-state index in [0.717, 1.165) is 32.2 Å². The van der Waals surface area contributed by atoms with Crippen LogP contribution in [-0.4, -0.2) is 48.2 Å². The SMILES string of the molecule is CCCCN=C(N)NCCN(C(=O)OC(C)(C)C)C1CC1.I. The van der Waals surface area contributed by atoms with Crippen LogP contribution in [0.3, 0.4) is 0 Å². The Balaban J connectivity index is 0.00000441. The molecule has 0 spiro atoms. The molecule has 0 bridgehead atoms. The third-order valence-electron chi connectivity index (χ3n) is 3.07. The smallest absolute Gasteiger partial charge is 0.410 e. The highest BCUT2D eigenvalue weighted by atomic mass is 127. The van der Waals surface area contributed by atoms with E-state index in [-0.39, 0.29) is 30.1 Å². The van der Waals surface area contributed by atoms with Crippen molar-refractivity contribution in [2.24, 2.45) is 10.7 Å². The molecule has 3 N–H and O–H groups in total. The van der Waals surface area contributed by atoms with Gasteiger partial charge in [-0.05, 0) is 40.0 Å². The average Bonchev–Trinajstić information content (AvgIpc) is 3.17. The largest absolute Gasteiger partial charge is 0.444 e. The molecule has 0 saturated heterocycles. The molecular formula is C15H31IN4O2. The van der Waals surface area contributed by atoms with Crippen LogP contribution >= 0.6 is 24.0 Å². The Morgan fingerprint density at radius 2 is 2.05 bits per heavy atom. The minimum Gasteiger partial charge on any atom is -0.444 e. The van der Waals surface area contributed by atoms with E-state index in [1.807, 2.05) is 20.8 Å². The lowest BCUT2D eigenvalue weighted by molar-refractivity contribution is 0.0238. The summed E-state index contributed by atoms with van der Waals surface area (Å²) in [6, 6.07) is 0.319. The maximum atomic E-state index is 12.1. The third-order valence-corrected chi connectivity index (χ3v) is 3.07. The summed E-state index contributed by atoms with van der Waals surface area (Å²) in [5.74, 6) is 0.448. The van der Waals surface area contributed by atoms with Gasteiger partial charge in [-0.15, -0.1) is 24.0 Å². The number of ether oxygens (including phenoxy) is 1. The van der Waals surface area contributed by atoms with Crippen LogP contribution in [0.25, 0.3) is 0 Å². The Hall–Kier alpha value is -0.730. The second-order valence-electron chi connectivity index (χ2n) is 6.45. The number of guanidine groups is 1. The van der Waals surface area contributed by atoms with Crippen molar-refractivity contribution in [3.63, 3.8) is 0 Å². The van der Waals surface area contributed by atoms with Crippen molar-refractivity contribution >= 4 is 36.0 Å². The van der Waals surface area contributed by atoms with E-state index in [4.69, 9.17) is 10.5 Å². The van der Waals surface area contributed by atoms with Crippen molar-refractivity contribution in [3.8, 4) is 0 Å². The molecule has 1 fully saturated rings. The fourth-order valence-electron chi connectivity index (χ4n) is 1.85. The first-order valence-electron chi connectivity index (χ1n) is 7.87. The average molecular weight is 426 g/mol. The minimum atomic E-state index is -0.460.